The molecule has 18 heavy (non-hydrogen) atoms. The van der Waals surface area contributed by atoms with E-state index in [-0.39, 0.29) is 11.6 Å². The van der Waals surface area contributed by atoms with Crippen LogP contribution in [0.25, 0.3) is 0 Å². The van der Waals surface area contributed by atoms with E-state index < -0.39 is 6.29 Å². The van der Waals surface area contributed by atoms with Crippen molar-refractivity contribution in [3.05, 3.63) is 28.2 Å². The van der Waals surface area contributed by atoms with E-state index in [1.807, 2.05) is 19.1 Å². The molecule has 3 nitrogen and oxygen atoms in total. The van der Waals surface area contributed by atoms with Gasteiger partial charge >= 0.3 is 0 Å². The number of ether oxygens (including phenoxy) is 1. The number of benzene rings is 1. The summed E-state index contributed by atoms with van der Waals surface area (Å²) in [7, 11) is 0. The SMILES string of the molecule is CC1C(O)OCC(C)(C)N1c1ccc(Cl)c(Cl)c1. The second-order valence-corrected chi connectivity index (χ2v) is 6.04. The summed E-state index contributed by atoms with van der Waals surface area (Å²) in [4.78, 5) is 2.11. The Labute approximate surface area is 117 Å². The van der Waals surface area contributed by atoms with Crippen molar-refractivity contribution in [3.8, 4) is 0 Å². The monoisotopic (exact) mass is 289 g/mol. The molecule has 5 heteroatoms. The van der Waals surface area contributed by atoms with Gasteiger partial charge in [-0.15, -0.1) is 0 Å². The molecular weight excluding hydrogens is 273 g/mol. The van der Waals surface area contributed by atoms with Gasteiger partial charge in [-0.2, -0.15) is 0 Å². The first kappa shape index (κ1) is 13.9. The maximum atomic E-state index is 9.84. The highest BCUT2D eigenvalue weighted by Crippen LogP contribution is 2.35. The number of nitrogens with zero attached hydrogens (tertiary/aromatic N) is 1. The Hall–Kier alpha value is -0.480. The fourth-order valence-corrected chi connectivity index (χ4v) is 2.69. The zero-order chi connectivity index (χ0) is 13.5. The zero-order valence-corrected chi connectivity index (χ0v) is 12.2. The Morgan fingerprint density at radius 1 is 1.33 bits per heavy atom. The Morgan fingerprint density at radius 2 is 2.00 bits per heavy atom. The second-order valence-electron chi connectivity index (χ2n) is 5.22. The molecule has 0 saturated carbocycles. The Balaban J connectivity index is 2.41. The van der Waals surface area contributed by atoms with Crippen LogP contribution in [-0.2, 0) is 4.74 Å². The van der Waals surface area contributed by atoms with Gasteiger partial charge < -0.3 is 14.7 Å². The second kappa shape index (κ2) is 4.89. The molecular formula is C13H17Cl2NO2. The van der Waals surface area contributed by atoms with Crippen LogP contribution in [0.3, 0.4) is 0 Å². The van der Waals surface area contributed by atoms with Crippen LogP contribution in [0.15, 0.2) is 18.2 Å². The topological polar surface area (TPSA) is 32.7 Å². The van der Waals surface area contributed by atoms with E-state index in [0.717, 1.165) is 5.69 Å². The minimum absolute atomic E-state index is 0.147. The molecule has 1 aromatic rings. The van der Waals surface area contributed by atoms with Crippen LogP contribution >= 0.6 is 23.2 Å². The Bertz CT molecular complexity index is 451. The first-order valence-corrected chi connectivity index (χ1v) is 6.62. The van der Waals surface area contributed by atoms with Crippen LogP contribution in [0, 0.1) is 0 Å². The summed E-state index contributed by atoms with van der Waals surface area (Å²) in [6.07, 6.45) is -0.799. The van der Waals surface area contributed by atoms with Crippen molar-refractivity contribution in [2.24, 2.45) is 0 Å². The minimum Gasteiger partial charge on any atom is -0.366 e. The van der Waals surface area contributed by atoms with E-state index in [1.165, 1.54) is 0 Å². The summed E-state index contributed by atoms with van der Waals surface area (Å²) in [6, 6.07) is 5.35. The molecule has 0 spiro atoms. The van der Waals surface area contributed by atoms with Crippen LogP contribution < -0.4 is 4.90 Å². The minimum atomic E-state index is -0.799. The number of aliphatic hydroxyl groups is 1. The van der Waals surface area contributed by atoms with Gasteiger partial charge in [0.15, 0.2) is 6.29 Å². The normalized spacial score (nSPS) is 27.3. The van der Waals surface area contributed by atoms with Crippen molar-refractivity contribution >= 4 is 28.9 Å². The van der Waals surface area contributed by atoms with E-state index in [0.29, 0.717) is 16.7 Å². The average Bonchev–Trinajstić information content (AvgIpc) is 2.29. The lowest BCUT2D eigenvalue weighted by atomic mass is 9.97. The van der Waals surface area contributed by atoms with E-state index >= 15 is 0 Å². The van der Waals surface area contributed by atoms with Gasteiger partial charge in [0.1, 0.15) is 0 Å². The van der Waals surface area contributed by atoms with Gasteiger partial charge in [0.25, 0.3) is 0 Å². The molecule has 1 N–H and O–H groups in total. The highest BCUT2D eigenvalue weighted by atomic mass is 35.5. The molecule has 0 aliphatic carbocycles. The number of anilines is 1. The van der Waals surface area contributed by atoms with Crippen molar-refractivity contribution in [1.82, 2.24) is 0 Å². The molecule has 0 amide bonds. The zero-order valence-electron chi connectivity index (χ0n) is 10.7. The fourth-order valence-electron chi connectivity index (χ4n) is 2.40. The number of rotatable bonds is 1. The van der Waals surface area contributed by atoms with Gasteiger partial charge in [-0.05, 0) is 39.0 Å². The van der Waals surface area contributed by atoms with Gasteiger partial charge in [-0.25, -0.2) is 0 Å². The molecule has 2 unspecified atom stereocenters. The van der Waals surface area contributed by atoms with Crippen molar-refractivity contribution in [2.75, 3.05) is 11.5 Å². The predicted octanol–water partition coefficient (Wildman–Crippen LogP) is 3.32. The molecule has 0 radical (unpaired) electrons. The lowest BCUT2D eigenvalue weighted by molar-refractivity contribution is -0.148. The third kappa shape index (κ3) is 2.45. The molecule has 100 valence electrons. The number of halogens is 2. The molecule has 0 aromatic heterocycles. The predicted molar refractivity (Wildman–Crippen MR) is 74.4 cm³/mol. The van der Waals surface area contributed by atoms with Crippen LogP contribution in [0.4, 0.5) is 5.69 Å². The van der Waals surface area contributed by atoms with Crippen LogP contribution in [0.5, 0.6) is 0 Å². The number of hydrogen-bond acceptors (Lipinski definition) is 3. The van der Waals surface area contributed by atoms with Crippen LogP contribution in [-0.4, -0.2) is 29.6 Å². The highest BCUT2D eigenvalue weighted by molar-refractivity contribution is 6.42. The number of aliphatic hydroxyl groups excluding tert-OH is 1. The van der Waals surface area contributed by atoms with E-state index in [4.69, 9.17) is 27.9 Å². The van der Waals surface area contributed by atoms with Crippen molar-refractivity contribution < 1.29 is 9.84 Å². The number of morpholine rings is 1. The summed E-state index contributed by atoms with van der Waals surface area (Å²) in [5, 5.41) is 10.9. The maximum Gasteiger partial charge on any atom is 0.174 e. The van der Waals surface area contributed by atoms with E-state index in [2.05, 4.69) is 18.7 Å². The molecule has 2 atom stereocenters. The van der Waals surface area contributed by atoms with E-state index in [9.17, 15) is 5.11 Å². The molecule has 2 rings (SSSR count). The molecule has 1 fully saturated rings. The highest BCUT2D eigenvalue weighted by Gasteiger charge is 2.39. The third-order valence-electron chi connectivity index (χ3n) is 3.26. The summed E-state index contributed by atoms with van der Waals surface area (Å²) in [6.45, 7) is 6.52. The van der Waals surface area contributed by atoms with Gasteiger partial charge in [0, 0.05) is 5.69 Å². The van der Waals surface area contributed by atoms with Gasteiger partial charge in [-0.1, -0.05) is 23.2 Å². The summed E-state index contributed by atoms with van der Waals surface area (Å²) in [5.41, 5.74) is 0.722. The standard InChI is InChI=1S/C13H17Cl2NO2/c1-8-12(17)18-7-13(2,3)16(8)9-4-5-10(14)11(15)6-9/h4-6,8,12,17H,7H2,1-3H3. The average molecular weight is 290 g/mol. The third-order valence-corrected chi connectivity index (χ3v) is 4.00. The molecule has 1 aliphatic heterocycles. The van der Waals surface area contributed by atoms with Crippen LogP contribution in [0.2, 0.25) is 10.0 Å². The largest absolute Gasteiger partial charge is 0.366 e. The van der Waals surface area contributed by atoms with Crippen molar-refractivity contribution in [3.63, 3.8) is 0 Å². The van der Waals surface area contributed by atoms with Crippen LogP contribution in [0.1, 0.15) is 20.8 Å². The molecule has 1 saturated heterocycles. The van der Waals surface area contributed by atoms with Gasteiger partial charge in [-0.3, -0.25) is 0 Å². The van der Waals surface area contributed by atoms with Crippen molar-refractivity contribution in [1.29, 1.82) is 0 Å². The summed E-state index contributed by atoms with van der Waals surface area (Å²) in [5.74, 6) is 0. The van der Waals surface area contributed by atoms with Gasteiger partial charge in [0.05, 0.1) is 28.2 Å². The lowest BCUT2D eigenvalue weighted by Gasteiger charge is -2.49. The molecule has 0 bridgehead atoms. The molecule has 1 heterocycles. The number of hydrogen-bond donors (Lipinski definition) is 1. The molecule has 1 aliphatic rings. The fraction of sp³-hybridized carbons (Fsp3) is 0.538. The Kier molecular flexibility index (Phi) is 3.79. The molecule has 1 aromatic carbocycles. The van der Waals surface area contributed by atoms with Gasteiger partial charge in [0.2, 0.25) is 0 Å². The van der Waals surface area contributed by atoms with E-state index in [1.54, 1.807) is 6.07 Å². The smallest absolute Gasteiger partial charge is 0.174 e. The quantitative estimate of drug-likeness (QED) is 0.861. The lowest BCUT2D eigenvalue weighted by Crippen LogP contribution is -2.61. The summed E-state index contributed by atoms with van der Waals surface area (Å²) >= 11 is 12.0. The van der Waals surface area contributed by atoms with Crippen molar-refractivity contribution in [2.45, 2.75) is 38.6 Å². The summed E-state index contributed by atoms with van der Waals surface area (Å²) < 4.78 is 5.37. The maximum absolute atomic E-state index is 9.84. The Morgan fingerprint density at radius 3 is 2.61 bits per heavy atom. The first-order valence-electron chi connectivity index (χ1n) is 5.87. The first-order chi connectivity index (χ1) is 8.33.